The number of hydrogen-bond acceptors (Lipinski definition) is 5. The van der Waals surface area contributed by atoms with E-state index in [9.17, 15) is 0 Å². The van der Waals surface area contributed by atoms with Gasteiger partial charge < -0.3 is 23.7 Å². The maximum Gasteiger partial charge on any atom is 0.199 e. The van der Waals surface area contributed by atoms with E-state index in [0.29, 0.717) is 6.61 Å². The summed E-state index contributed by atoms with van der Waals surface area (Å²) in [6.45, 7) is 18.8. The summed E-state index contributed by atoms with van der Waals surface area (Å²) in [6, 6.07) is 17.0. The zero-order valence-corrected chi connectivity index (χ0v) is 29.7. The molecule has 5 heteroatoms. The monoisotopic (exact) mass is 630 g/mol. The summed E-state index contributed by atoms with van der Waals surface area (Å²) in [5.74, 6) is 1.71. The van der Waals surface area contributed by atoms with Gasteiger partial charge in [-0.1, -0.05) is 89.8 Å². The number of rotatable bonds is 18. The molecular weight excluding hydrogens is 572 g/mol. The third-order valence-corrected chi connectivity index (χ3v) is 8.67. The Kier molecular flexibility index (Phi) is 14.8. The molecule has 0 aliphatic carbocycles. The first kappa shape index (κ1) is 37.3. The fourth-order valence-corrected chi connectivity index (χ4v) is 6.57. The van der Waals surface area contributed by atoms with Crippen LogP contribution in [-0.2, 0) is 14.2 Å². The fourth-order valence-electron chi connectivity index (χ4n) is 6.57. The lowest BCUT2D eigenvalue weighted by molar-refractivity contribution is -0.125. The molecule has 0 radical (unpaired) electrons. The third-order valence-electron chi connectivity index (χ3n) is 8.67. The van der Waals surface area contributed by atoms with Crippen LogP contribution in [0.4, 0.5) is 0 Å². The van der Waals surface area contributed by atoms with Crippen molar-refractivity contribution in [3.05, 3.63) is 102 Å². The van der Waals surface area contributed by atoms with E-state index in [2.05, 4.69) is 109 Å². The van der Waals surface area contributed by atoms with Crippen LogP contribution in [0, 0.1) is 10.8 Å². The quantitative estimate of drug-likeness (QED) is 0.121. The third kappa shape index (κ3) is 11.6. The van der Waals surface area contributed by atoms with Gasteiger partial charge in [0.25, 0.3) is 0 Å². The lowest BCUT2D eigenvalue weighted by Crippen LogP contribution is -2.29. The lowest BCUT2D eigenvalue weighted by atomic mass is 9.72. The SMILES string of the molecule is C=C\C=C/C(=C\C)C(/CC)=C(\c1ccc(OCCC(C)(C)CC(C)(C)CC(OC)OC)cc1)c1ccc(OC2CCCCO2)cc1. The molecule has 1 unspecified atom stereocenters. The molecule has 1 aliphatic rings. The molecule has 0 bridgehead atoms. The van der Waals surface area contributed by atoms with E-state index in [1.54, 1.807) is 14.2 Å². The second kappa shape index (κ2) is 18.3. The van der Waals surface area contributed by atoms with Crippen molar-refractivity contribution in [2.75, 3.05) is 27.4 Å². The number of methoxy groups -OCH3 is 2. The van der Waals surface area contributed by atoms with Gasteiger partial charge in [0.2, 0.25) is 0 Å². The van der Waals surface area contributed by atoms with E-state index in [4.69, 9.17) is 23.7 Å². The zero-order valence-electron chi connectivity index (χ0n) is 29.7. The summed E-state index contributed by atoms with van der Waals surface area (Å²) in [7, 11) is 3.41. The summed E-state index contributed by atoms with van der Waals surface area (Å²) in [4.78, 5) is 0. The second-order valence-electron chi connectivity index (χ2n) is 13.7. The van der Waals surface area contributed by atoms with Crippen molar-refractivity contribution >= 4 is 5.57 Å². The molecule has 3 rings (SSSR count). The molecule has 1 heterocycles. The maximum absolute atomic E-state index is 6.29. The van der Waals surface area contributed by atoms with E-state index >= 15 is 0 Å². The van der Waals surface area contributed by atoms with Crippen LogP contribution in [0.2, 0.25) is 0 Å². The Morgan fingerprint density at radius 2 is 1.57 bits per heavy atom. The summed E-state index contributed by atoms with van der Waals surface area (Å²) in [6.07, 6.45) is 14.7. The van der Waals surface area contributed by atoms with Gasteiger partial charge in [-0.25, -0.2) is 0 Å². The van der Waals surface area contributed by atoms with Crippen LogP contribution in [-0.4, -0.2) is 40.0 Å². The maximum atomic E-state index is 6.29. The molecule has 2 aromatic rings. The summed E-state index contributed by atoms with van der Waals surface area (Å²) >= 11 is 0. The largest absolute Gasteiger partial charge is 0.494 e. The first-order chi connectivity index (χ1) is 22.0. The van der Waals surface area contributed by atoms with Crippen LogP contribution < -0.4 is 9.47 Å². The molecule has 0 aromatic heterocycles. The van der Waals surface area contributed by atoms with Crippen LogP contribution in [0.3, 0.4) is 0 Å². The summed E-state index contributed by atoms with van der Waals surface area (Å²) in [5.41, 5.74) is 6.14. The Hall–Kier alpha value is -3.12. The van der Waals surface area contributed by atoms with Crippen molar-refractivity contribution in [3.63, 3.8) is 0 Å². The van der Waals surface area contributed by atoms with Crippen molar-refractivity contribution < 1.29 is 23.7 Å². The predicted molar refractivity (Wildman–Crippen MR) is 191 cm³/mol. The van der Waals surface area contributed by atoms with Crippen LogP contribution in [0.15, 0.2) is 90.6 Å². The van der Waals surface area contributed by atoms with Crippen LogP contribution in [0.25, 0.3) is 5.57 Å². The van der Waals surface area contributed by atoms with Gasteiger partial charge in [-0.2, -0.15) is 0 Å². The Bertz CT molecular complexity index is 1290. The molecule has 252 valence electrons. The van der Waals surface area contributed by atoms with E-state index in [1.165, 1.54) is 16.7 Å². The highest BCUT2D eigenvalue weighted by Crippen LogP contribution is 2.40. The number of hydrogen-bond donors (Lipinski definition) is 0. The zero-order chi connectivity index (χ0) is 33.6. The first-order valence-electron chi connectivity index (χ1n) is 16.9. The molecule has 2 aromatic carbocycles. The molecular formula is C41H58O5. The van der Waals surface area contributed by atoms with Gasteiger partial charge in [0.15, 0.2) is 12.6 Å². The summed E-state index contributed by atoms with van der Waals surface area (Å²) in [5, 5.41) is 0. The molecule has 0 saturated carbocycles. The van der Waals surface area contributed by atoms with Crippen molar-refractivity contribution in [2.45, 2.75) is 99.1 Å². The fraction of sp³-hybridized carbons (Fsp3) is 0.512. The number of benzene rings is 2. The Balaban J connectivity index is 1.80. The molecule has 1 aliphatic heterocycles. The molecule has 0 N–H and O–H groups in total. The summed E-state index contributed by atoms with van der Waals surface area (Å²) < 4.78 is 29.1. The Morgan fingerprint density at radius 3 is 2.09 bits per heavy atom. The van der Waals surface area contributed by atoms with E-state index in [0.717, 1.165) is 74.2 Å². The smallest absolute Gasteiger partial charge is 0.199 e. The predicted octanol–water partition coefficient (Wildman–Crippen LogP) is 10.7. The standard InChI is InChI=1S/C41H58O5/c1-10-13-16-31(11-2)36(12-3)39(33-20-24-35(25-21-33)46-37-17-14-15-27-45-37)32-18-22-34(23-19-32)44-28-26-40(4,5)30-41(6,7)29-38(42-8)43-9/h10-11,13,16,18-25,37-38H,1,12,14-15,17,26-30H2,2-9H3/b16-13-,31-11+,39-36+. The highest BCUT2D eigenvalue weighted by atomic mass is 16.7. The molecule has 5 nitrogen and oxygen atoms in total. The highest BCUT2D eigenvalue weighted by molar-refractivity contribution is 5.85. The Labute approximate surface area is 279 Å². The molecule has 1 fully saturated rings. The van der Waals surface area contributed by atoms with Gasteiger partial charge in [0.05, 0.1) is 13.2 Å². The van der Waals surface area contributed by atoms with E-state index in [-0.39, 0.29) is 23.4 Å². The minimum atomic E-state index is -0.183. The van der Waals surface area contributed by atoms with Crippen LogP contribution in [0.1, 0.15) is 97.6 Å². The molecule has 0 spiro atoms. The average molecular weight is 631 g/mol. The van der Waals surface area contributed by atoms with Gasteiger partial charge in [-0.3, -0.25) is 0 Å². The van der Waals surface area contributed by atoms with Gasteiger partial charge >= 0.3 is 0 Å². The normalized spacial score (nSPS) is 16.9. The van der Waals surface area contributed by atoms with E-state index in [1.807, 2.05) is 12.2 Å². The van der Waals surface area contributed by atoms with Crippen molar-refractivity contribution in [2.24, 2.45) is 10.8 Å². The minimum absolute atomic E-state index is 0.0855. The first-order valence-corrected chi connectivity index (χ1v) is 16.9. The van der Waals surface area contributed by atoms with Crippen LogP contribution in [0.5, 0.6) is 11.5 Å². The van der Waals surface area contributed by atoms with Gasteiger partial charge in [0, 0.05) is 27.1 Å². The van der Waals surface area contributed by atoms with Gasteiger partial charge in [-0.15, -0.1) is 0 Å². The van der Waals surface area contributed by atoms with Gasteiger partial charge in [-0.05, 0) is 102 Å². The topological polar surface area (TPSA) is 46.2 Å². The average Bonchev–Trinajstić information content (AvgIpc) is 3.04. The molecule has 1 atom stereocenters. The lowest BCUT2D eigenvalue weighted by Gasteiger charge is -2.36. The number of ether oxygens (including phenoxy) is 5. The molecule has 0 amide bonds. The highest BCUT2D eigenvalue weighted by Gasteiger charge is 2.31. The minimum Gasteiger partial charge on any atom is -0.494 e. The van der Waals surface area contributed by atoms with E-state index < -0.39 is 0 Å². The van der Waals surface area contributed by atoms with Gasteiger partial charge in [0.1, 0.15) is 11.5 Å². The Morgan fingerprint density at radius 1 is 0.935 bits per heavy atom. The molecule has 1 saturated heterocycles. The number of allylic oxidation sites excluding steroid dienone is 6. The van der Waals surface area contributed by atoms with Crippen molar-refractivity contribution in [1.29, 1.82) is 0 Å². The van der Waals surface area contributed by atoms with Crippen molar-refractivity contribution in [3.8, 4) is 11.5 Å². The second-order valence-corrected chi connectivity index (χ2v) is 13.7. The van der Waals surface area contributed by atoms with Crippen molar-refractivity contribution in [1.82, 2.24) is 0 Å². The van der Waals surface area contributed by atoms with Crippen LogP contribution >= 0.6 is 0 Å². The molecule has 46 heavy (non-hydrogen) atoms.